The van der Waals surface area contributed by atoms with Gasteiger partial charge in [-0.25, -0.2) is 0 Å². The molecule has 0 unspecified atom stereocenters. The second kappa shape index (κ2) is 7.21. The molecule has 6 nitrogen and oxygen atoms in total. The van der Waals surface area contributed by atoms with Gasteiger partial charge in [0, 0.05) is 25.8 Å². The highest BCUT2D eigenvalue weighted by atomic mass is 35.5. The van der Waals surface area contributed by atoms with E-state index in [0.717, 1.165) is 39.3 Å². The maximum absolute atomic E-state index is 12.4. The maximum Gasteiger partial charge on any atom is 0.225 e. The minimum Gasteiger partial charge on any atom is -0.380 e. The first-order chi connectivity index (χ1) is 11.2. The Kier molecular flexibility index (Phi) is 5.05. The Morgan fingerprint density at radius 3 is 2.83 bits per heavy atom. The lowest BCUT2D eigenvalue weighted by Crippen LogP contribution is -2.38. The number of halogens is 1. The molecule has 0 amide bonds. The highest BCUT2D eigenvalue weighted by Gasteiger charge is 2.32. The molecule has 23 heavy (non-hydrogen) atoms. The van der Waals surface area contributed by atoms with Crippen molar-refractivity contribution in [2.45, 2.75) is 6.42 Å². The zero-order valence-electron chi connectivity index (χ0n) is 12.7. The predicted octanol–water partition coefficient (Wildman–Crippen LogP) is 1.22. The molecule has 0 aromatic carbocycles. The summed E-state index contributed by atoms with van der Waals surface area (Å²) in [5.41, 5.74) is 0.609. The van der Waals surface area contributed by atoms with Crippen LogP contribution in [0.5, 0.6) is 0 Å². The Bertz CT molecular complexity index is 654. The van der Waals surface area contributed by atoms with Gasteiger partial charge in [0.25, 0.3) is 0 Å². The molecule has 1 N–H and O–H groups in total. The van der Waals surface area contributed by atoms with Crippen LogP contribution in [0, 0.1) is 0 Å². The Morgan fingerprint density at radius 2 is 2.04 bits per heavy atom. The average molecular weight is 336 g/mol. The van der Waals surface area contributed by atoms with Crippen LogP contribution in [0.3, 0.4) is 0 Å². The summed E-state index contributed by atoms with van der Waals surface area (Å²) in [4.78, 5) is 30.9. The molecule has 0 spiro atoms. The van der Waals surface area contributed by atoms with E-state index >= 15 is 0 Å². The van der Waals surface area contributed by atoms with Crippen molar-refractivity contribution in [1.82, 2.24) is 15.2 Å². The van der Waals surface area contributed by atoms with Gasteiger partial charge in [-0.1, -0.05) is 11.6 Å². The summed E-state index contributed by atoms with van der Waals surface area (Å²) in [5, 5.41) is 2.95. The van der Waals surface area contributed by atoms with Crippen LogP contribution < -0.4 is 5.32 Å². The molecule has 1 aromatic rings. The van der Waals surface area contributed by atoms with Crippen molar-refractivity contribution >= 4 is 23.2 Å². The zero-order valence-corrected chi connectivity index (χ0v) is 13.4. The quantitative estimate of drug-likeness (QED) is 0.816. The van der Waals surface area contributed by atoms with E-state index in [1.807, 2.05) is 0 Å². The van der Waals surface area contributed by atoms with Crippen LogP contribution in [0.1, 0.15) is 27.3 Å². The number of hydrogen-bond donors (Lipinski definition) is 1. The highest BCUT2D eigenvalue weighted by molar-refractivity contribution is 6.49. The van der Waals surface area contributed by atoms with Gasteiger partial charge >= 0.3 is 0 Å². The monoisotopic (exact) mass is 335 g/mol. The molecule has 1 saturated heterocycles. The number of ether oxygens (including phenoxy) is 1. The van der Waals surface area contributed by atoms with Crippen LogP contribution in [-0.2, 0) is 4.74 Å². The van der Waals surface area contributed by atoms with E-state index in [1.54, 1.807) is 12.1 Å². The van der Waals surface area contributed by atoms with E-state index in [0.29, 0.717) is 12.1 Å². The number of pyridine rings is 1. The molecular weight excluding hydrogens is 318 g/mol. The first-order valence-corrected chi connectivity index (χ1v) is 8.04. The molecule has 1 aliphatic carbocycles. The predicted molar refractivity (Wildman–Crippen MR) is 85.7 cm³/mol. The second-order valence-electron chi connectivity index (χ2n) is 5.48. The van der Waals surface area contributed by atoms with Crippen LogP contribution in [0.25, 0.3) is 0 Å². The van der Waals surface area contributed by atoms with Gasteiger partial charge < -0.3 is 10.1 Å². The fourth-order valence-corrected chi connectivity index (χ4v) is 2.96. The minimum absolute atomic E-state index is 0.0763. The number of hydrogen-bond acceptors (Lipinski definition) is 6. The molecule has 1 aliphatic heterocycles. The van der Waals surface area contributed by atoms with Crippen molar-refractivity contribution in [2.24, 2.45) is 0 Å². The number of rotatable bonds is 5. The normalized spacial score (nSPS) is 19.0. The maximum atomic E-state index is 12.4. The number of allylic oxidation sites excluding steroid dienone is 2. The zero-order chi connectivity index (χ0) is 16.2. The van der Waals surface area contributed by atoms with Crippen molar-refractivity contribution < 1.29 is 14.3 Å². The molecule has 0 bridgehead atoms. The van der Waals surface area contributed by atoms with Crippen LogP contribution in [0.4, 0.5) is 0 Å². The van der Waals surface area contributed by atoms with Crippen LogP contribution in [-0.4, -0.2) is 60.8 Å². The SMILES string of the molecule is O=C1C(NCCCN2CCOCC2)=C(Cl)C(=O)c2ncccc21. The molecule has 2 heterocycles. The Labute approximate surface area is 139 Å². The smallest absolute Gasteiger partial charge is 0.225 e. The summed E-state index contributed by atoms with van der Waals surface area (Å²) < 4.78 is 5.30. The van der Waals surface area contributed by atoms with E-state index in [2.05, 4.69) is 15.2 Å². The van der Waals surface area contributed by atoms with Crippen molar-refractivity contribution in [2.75, 3.05) is 39.4 Å². The molecule has 3 rings (SSSR count). The Hall–Kier alpha value is -1.76. The number of ketones is 2. The van der Waals surface area contributed by atoms with Gasteiger partial charge in [-0.2, -0.15) is 0 Å². The lowest BCUT2D eigenvalue weighted by Gasteiger charge is -2.26. The van der Waals surface area contributed by atoms with Crippen molar-refractivity contribution in [1.29, 1.82) is 0 Å². The molecule has 0 atom stereocenters. The van der Waals surface area contributed by atoms with Crippen LogP contribution in [0.15, 0.2) is 29.1 Å². The number of carbonyl (C=O) groups is 2. The van der Waals surface area contributed by atoms with E-state index in [4.69, 9.17) is 16.3 Å². The van der Waals surface area contributed by atoms with Crippen molar-refractivity contribution in [3.05, 3.63) is 40.3 Å². The molecule has 1 aromatic heterocycles. The molecule has 2 aliphatic rings. The van der Waals surface area contributed by atoms with Crippen molar-refractivity contribution in [3.63, 3.8) is 0 Å². The third kappa shape index (κ3) is 3.44. The summed E-state index contributed by atoms with van der Waals surface area (Å²) in [6.45, 7) is 4.89. The van der Waals surface area contributed by atoms with Gasteiger partial charge in [0.1, 0.15) is 16.4 Å². The Morgan fingerprint density at radius 1 is 1.26 bits per heavy atom. The number of carbonyl (C=O) groups excluding carboxylic acids is 2. The second-order valence-corrected chi connectivity index (χ2v) is 5.86. The largest absolute Gasteiger partial charge is 0.380 e. The van der Waals surface area contributed by atoms with Gasteiger partial charge in [0.15, 0.2) is 0 Å². The number of morpholine rings is 1. The number of nitrogens with zero attached hydrogens (tertiary/aromatic N) is 2. The van der Waals surface area contributed by atoms with Gasteiger partial charge in [0.05, 0.1) is 18.8 Å². The third-order valence-electron chi connectivity index (χ3n) is 3.97. The van der Waals surface area contributed by atoms with Gasteiger partial charge in [-0.05, 0) is 25.1 Å². The van der Waals surface area contributed by atoms with E-state index in [9.17, 15) is 9.59 Å². The molecule has 0 radical (unpaired) electrons. The molecule has 1 fully saturated rings. The summed E-state index contributed by atoms with van der Waals surface area (Å²) in [7, 11) is 0. The highest BCUT2D eigenvalue weighted by Crippen LogP contribution is 2.25. The topological polar surface area (TPSA) is 71.5 Å². The van der Waals surface area contributed by atoms with Gasteiger partial charge in [-0.15, -0.1) is 0 Å². The number of nitrogens with one attached hydrogen (secondary N) is 1. The third-order valence-corrected chi connectivity index (χ3v) is 4.33. The first-order valence-electron chi connectivity index (χ1n) is 7.66. The minimum atomic E-state index is -0.405. The number of fused-ring (bicyclic) bond motifs is 1. The van der Waals surface area contributed by atoms with E-state index in [-0.39, 0.29) is 22.2 Å². The molecule has 0 saturated carbocycles. The van der Waals surface area contributed by atoms with Crippen LogP contribution >= 0.6 is 11.6 Å². The first kappa shape index (κ1) is 16.1. The van der Waals surface area contributed by atoms with Crippen molar-refractivity contribution in [3.8, 4) is 0 Å². The van der Waals surface area contributed by atoms with E-state index < -0.39 is 5.78 Å². The summed E-state index contributed by atoms with van der Waals surface area (Å²) in [6, 6.07) is 3.24. The van der Waals surface area contributed by atoms with Gasteiger partial charge in [0.2, 0.25) is 11.6 Å². The molecule has 122 valence electrons. The molecular formula is C16H18ClN3O3. The standard InChI is InChI=1S/C16H18ClN3O3/c17-12-14(19-5-2-6-20-7-9-23-10-8-20)15(21)11-3-1-4-18-13(11)16(12)22/h1,3-4,19H,2,5-10H2. The Balaban J connectivity index is 1.60. The average Bonchev–Trinajstić information content (AvgIpc) is 2.60. The van der Waals surface area contributed by atoms with Crippen LogP contribution in [0.2, 0.25) is 0 Å². The lowest BCUT2D eigenvalue weighted by molar-refractivity contribution is 0.0375. The number of aromatic nitrogens is 1. The fourth-order valence-electron chi connectivity index (χ4n) is 2.72. The molecule has 7 heteroatoms. The summed E-state index contributed by atoms with van der Waals surface area (Å²) in [5.74, 6) is -0.679. The number of Topliss-reactive ketones (excluding diaryl/α,β-unsaturated/α-hetero) is 2. The fraction of sp³-hybridized carbons (Fsp3) is 0.438. The summed E-state index contributed by atoms with van der Waals surface area (Å²) in [6.07, 6.45) is 2.34. The lowest BCUT2D eigenvalue weighted by atomic mass is 9.97. The van der Waals surface area contributed by atoms with E-state index in [1.165, 1.54) is 6.20 Å². The van der Waals surface area contributed by atoms with Gasteiger partial charge in [-0.3, -0.25) is 19.5 Å². The summed E-state index contributed by atoms with van der Waals surface area (Å²) >= 11 is 6.06.